The number of carbonyl (C=O) groups is 3. The number of aromatic nitrogens is 2. The quantitative estimate of drug-likeness (QED) is 0.604. The number of rotatable bonds is 4. The van der Waals surface area contributed by atoms with Gasteiger partial charge in [-0.1, -0.05) is 36.4 Å². The monoisotopic (exact) mass is 431 g/mol. The number of fused-ring (bicyclic) bond motifs is 3. The van der Waals surface area contributed by atoms with Gasteiger partial charge in [0.05, 0.1) is 17.4 Å². The molecule has 1 saturated heterocycles. The fourth-order valence-electron chi connectivity index (χ4n) is 4.51. The molecule has 162 valence electrons. The molecule has 0 bridgehead atoms. The SMILES string of the molecule is CN(Cc1nc2ccccc2c(=O)[nH]1)C(=O)CN1C(=O)N[C@@]2(CCc3ccccc32)C1=O. The van der Waals surface area contributed by atoms with Gasteiger partial charge in [-0.25, -0.2) is 9.78 Å². The predicted octanol–water partition coefficient (Wildman–Crippen LogP) is 1.27. The van der Waals surface area contributed by atoms with Crippen LogP contribution in [0.4, 0.5) is 4.79 Å². The van der Waals surface area contributed by atoms with Crippen LogP contribution in [0.3, 0.4) is 0 Å². The van der Waals surface area contributed by atoms with E-state index in [-0.39, 0.29) is 18.6 Å². The van der Waals surface area contributed by atoms with E-state index in [9.17, 15) is 19.2 Å². The highest BCUT2D eigenvalue weighted by Gasteiger charge is 2.55. The maximum Gasteiger partial charge on any atom is 0.325 e. The van der Waals surface area contributed by atoms with Crippen molar-refractivity contribution in [3.63, 3.8) is 0 Å². The molecule has 0 saturated carbocycles. The van der Waals surface area contributed by atoms with Crippen molar-refractivity contribution in [3.05, 3.63) is 75.8 Å². The van der Waals surface area contributed by atoms with Gasteiger partial charge in [-0.05, 0) is 36.1 Å². The van der Waals surface area contributed by atoms with Crippen LogP contribution in [0.5, 0.6) is 0 Å². The smallest absolute Gasteiger partial charge is 0.325 e. The Labute approximate surface area is 183 Å². The number of aryl methyl sites for hydroxylation is 1. The molecule has 2 aliphatic rings. The summed E-state index contributed by atoms with van der Waals surface area (Å²) >= 11 is 0. The van der Waals surface area contributed by atoms with E-state index in [0.29, 0.717) is 29.6 Å². The zero-order valence-corrected chi connectivity index (χ0v) is 17.4. The Kier molecular flexibility index (Phi) is 4.54. The number of nitrogens with one attached hydrogen (secondary N) is 2. The molecule has 5 rings (SSSR count). The molecule has 1 atom stereocenters. The summed E-state index contributed by atoms with van der Waals surface area (Å²) in [6.07, 6.45) is 1.16. The van der Waals surface area contributed by atoms with E-state index in [1.807, 2.05) is 24.3 Å². The summed E-state index contributed by atoms with van der Waals surface area (Å²) < 4.78 is 0. The molecule has 32 heavy (non-hydrogen) atoms. The summed E-state index contributed by atoms with van der Waals surface area (Å²) in [5.74, 6) is -0.526. The average molecular weight is 431 g/mol. The third-order valence-corrected chi connectivity index (χ3v) is 6.19. The second-order valence-electron chi connectivity index (χ2n) is 8.16. The maximum absolute atomic E-state index is 13.2. The van der Waals surface area contributed by atoms with Gasteiger partial charge in [0.15, 0.2) is 0 Å². The molecule has 2 N–H and O–H groups in total. The van der Waals surface area contributed by atoms with Crippen molar-refractivity contribution in [1.82, 2.24) is 25.1 Å². The van der Waals surface area contributed by atoms with E-state index < -0.39 is 23.4 Å². The van der Waals surface area contributed by atoms with Crippen molar-refractivity contribution in [3.8, 4) is 0 Å². The molecule has 9 nitrogen and oxygen atoms in total. The summed E-state index contributed by atoms with van der Waals surface area (Å²) in [5.41, 5.74) is 0.959. The first-order valence-electron chi connectivity index (χ1n) is 10.3. The third kappa shape index (κ3) is 3.05. The Balaban J connectivity index is 1.32. The van der Waals surface area contributed by atoms with Gasteiger partial charge in [-0.2, -0.15) is 0 Å². The van der Waals surface area contributed by atoms with Gasteiger partial charge in [-0.15, -0.1) is 0 Å². The first-order chi connectivity index (χ1) is 15.4. The minimum atomic E-state index is -1.10. The van der Waals surface area contributed by atoms with Crippen molar-refractivity contribution < 1.29 is 14.4 Å². The standard InChI is InChI=1S/C23H21N5O4/c1-27(12-18-24-17-9-5-3-7-15(17)20(30)25-18)19(29)13-28-21(31)23(26-22(28)32)11-10-14-6-2-4-8-16(14)23/h2-9H,10-13H2,1H3,(H,26,32)(H,24,25,30)/t23-/m1/s1. The summed E-state index contributed by atoms with van der Waals surface area (Å²) in [6, 6.07) is 13.9. The van der Waals surface area contributed by atoms with Crippen LogP contribution < -0.4 is 10.9 Å². The zero-order valence-electron chi connectivity index (χ0n) is 17.4. The molecule has 1 fully saturated rings. The third-order valence-electron chi connectivity index (χ3n) is 6.19. The lowest BCUT2D eigenvalue weighted by Gasteiger charge is -2.23. The van der Waals surface area contributed by atoms with Crippen LogP contribution >= 0.6 is 0 Å². The molecule has 1 aliphatic heterocycles. The molecule has 1 aliphatic carbocycles. The number of aromatic amines is 1. The first-order valence-corrected chi connectivity index (χ1v) is 10.3. The van der Waals surface area contributed by atoms with Crippen molar-refractivity contribution in [2.45, 2.75) is 24.9 Å². The molecule has 4 amide bonds. The number of amides is 4. The van der Waals surface area contributed by atoms with Gasteiger partial charge in [0, 0.05) is 7.05 Å². The van der Waals surface area contributed by atoms with Crippen LogP contribution in [-0.2, 0) is 28.1 Å². The van der Waals surface area contributed by atoms with Crippen LogP contribution in [0, 0.1) is 0 Å². The Hall–Kier alpha value is -4.01. The molecular formula is C23H21N5O4. The fourth-order valence-corrected chi connectivity index (χ4v) is 4.51. The highest BCUT2D eigenvalue weighted by Crippen LogP contribution is 2.41. The number of urea groups is 1. The second-order valence-corrected chi connectivity index (χ2v) is 8.16. The number of para-hydroxylation sites is 1. The lowest BCUT2D eigenvalue weighted by atomic mass is 9.92. The Morgan fingerprint density at radius 1 is 1.12 bits per heavy atom. The lowest BCUT2D eigenvalue weighted by molar-refractivity contribution is -0.138. The number of likely N-dealkylation sites (N-methyl/N-ethyl adjacent to an activating group) is 1. The van der Waals surface area contributed by atoms with Gasteiger partial charge < -0.3 is 15.2 Å². The number of nitrogens with zero attached hydrogens (tertiary/aromatic N) is 3. The normalized spacial score (nSPS) is 19.5. The van der Waals surface area contributed by atoms with Gasteiger partial charge >= 0.3 is 6.03 Å². The van der Waals surface area contributed by atoms with Gasteiger partial charge in [-0.3, -0.25) is 19.3 Å². The summed E-state index contributed by atoms with van der Waals surface area (Å²) in [5, 5.41) is 3.28. The predicted molar refractivity (Wildman–Crippen MR) is 116 cm³/mol. The summed E-state index contributed by atoms with van der Waals surface area (Å²) in [6.45, 7) is -0.348. The number of hydrogen-bond donors (Lipinski definition) is 2. The minimum absolute atomic E-state index is 0.0382. The van der Waals surface area contributed by atoms with Crippen molar-refractivity contribution >= 4 is 28.7 Å². The van der Waals surface area contributed by atoms with Crippen molar-refractivity contribution in [2.75, 3.05) is 13.6 Å². The van der Waals surface area contributed by atoms with Gasteiger partial charge in [0.2, 0.25) is 5.91 Å². The Morgan fingerprint density at radius 3 is 2.72 bits per heavy atom. The average Bonchev–Trinajstić information content (AvgIpc) is 3.27. The second kappa shape index (κ2) is 7.30. The van der Waals surface area contributed by atoms with E-state index in [1.54, 1.807) is 24.3 Å². The number of carbonyl (C=O) groups excluding carboxylic acids is 3. The van der Waals surface area contributed by atoms with Crippen LogP contribution in [-0.4, -0.2) is 51.2 Å². The molecule has 0 radical (unpaired) electrons. The molecule has 2 aromatic carbocycles. The van der Waals surface area contributed by atoms with Crippen LogP contribution in [0.1, 0.15) is 23.4 Å². The zero-order chi connectivity index (χ0) is 22.5. The number of H-pyrrole nitrogens is 1. The molecular weight excluding hydrogens is 410 g/mol. The topological polar surface area (TPSA) is 115 Å². The molecule has 0 unspecified atom stereocenters. The molecule has 3 aromatic rings. The van der Waals surface area contributed by atoms with Crippen LogP contribution in [0.25, 0.3) is 10.9 Å². The maximum atomic E-state index is 13.2. The fraction of sp³-hybridized carbons (Fsp3) is 0.261. The van der Waals surface area contributed by atoms with Crippen molar-refractivity contribution in [1.29, 1.82) is 0 Å². The van der Waals surface area contributed by atoms with E-state index in [1.165, 1.54) is 11.9 Å². The molecule has 1 aromatic heterocycles. The van der Waals surface area contributed by atoms with E-state index >= 15 is 0 Å². The Morgan fingerprint density at radius 2 is 1.88 bits per heavy atom. The summed E-state index contributed by atoms with van der Waals surface area (Å²) in [7, 11) is 1.54. The highest BCUT2D eigenvalue weighted by atomic mass is 16.2. The summed E-state index contributed by atoms with van der Waals surface area (Å²) in [4.78, 5) is 60.3. The molecule has 2 heterocycles. The highest BCUT2D eigenvalue weighted by molar-refractivity contribution is 6.09. The van der Waals surface area contributed by atoms with Crippen LogP contribution in [0.15, 0.2) is 53.3 Å². The van der Waals surface area contributed by atoms with Crippen LogP contribution in [0.2, 0.25) is 0 Å². The molecule has 9 heteroatoms. The largest absolute Gasteiger partial charge is 0.337 e. The first kappa shape index (κ1) is 19.9. The Bertz CT molecular complexity index is 1330. The number of imide groups is 1. The molecule has 1 spiro atoms. The van der Waals surface area contributed by atoms with E-state index in [0.717, 1.165) is 16.0 Å². The lowest BCUT2D eigenvalue weighted by Crippen LogP contribution is -2.44. The van der Waals surface area contributed by atoms with Gasteiger partial charge in [0.1, 0.15) is 17.9 Å². The van der Waals surface area contributed by atoms with E-state index in [4.69, 9.17) is 0 Å². The number of benzene rings is 2. The van der Waals surface area contributed by atoms with Gasteiger partial charge in [0.25, 0.3) is 11.5 Å². The number of hydrogen-bond acceptors (Lipinski definition) is 5. The van der Waals surface area contributed by atoms with E-state index in [2.05, 4.69) is 15.3 Å². The minimum Gasteiger partial charge on any atom is -0.337 e. The van der Waals surface area contributed by atoms with Crippen molar-refractivity contribution in [2.24, 2.45) is 0 Å².